The van der Waals surface area contributed by atoms with Crippen molar-refractivity contribution in [3.05, 3.63) is 29.3 Å². The zero-order chi connectivity index (χ0) is 22.3. The van der Waals surface area contributed by atoms with Crippen LogP contribution in [0.1, 0.15) is 70.9 Å². The molecule has 0 spiro atoms. The van der Waals surface area contributed by atoms with Crippen LogP contribution < -0.4 is 4.90 Å². The molecular formula is C27H41NO3. The summed E-state index contributed by atoms with van der Waals surface area (Å²) in [5.41, 5.74) is 4.19. The number of anilines is 1. The molecule has 0 bridgehead atoms. The van der Waals surface area contributed by atoms with Crippen LogP contribution in [0.25, 0.3) is 0 Å². The van der Waals surface area contributed by atoms with E-state index in [1.807, 2.05) is 13.8 Å². The second kappa shape index (κ2) is 8.86. The van der Waals surface area contributed by atoms with Crippen LogP contribution >= 0.6 is 0 Å². The highest BCUT2D eigenvalue weighted by Crippen LogP contribution is 2.62. The Balaban J connectivity index is 1.56. The molecule has 3 aliphatic carbocycles. The number of carbonyl (C=O) groups excluding carboxylic acids is 1. The Hall–Kier alpha value is -1.39. The number of aryl methyl sites for hydroxylation is 1. The second-order valence-electron chi connectivity index (χ2n) is 10.5. The van der Waals surface area contributed by atoms with Gasteiger partial charge in [0, 0.05) is 37.3 Å². The summed E-state index contributed by atoms with van der Waals surface area (Å²) < 4.78 is 11.5. The van der Waals surface area contributed by atoms with Gasteiger partial charge >= 0.3 is 0 Å². The number of Topliss-reactive ketones (excluding diaryl/α,β-unsaturated/α-hetero) is 1. The Kier molecular flexibility index (Phi) is 6.52. The summed E-state index contributed by atoms with van der Waals surface area (Å²) >= 11 is 0. The number of fused-ring (bicyclic) bond motifs is 5. The van der Waals surface area contributed by atoms with Gasteiger partial charge in [0.2, 0.25) is 0 Å². The van der Waals surface area contributed by atoms with Gasteiger partial charge in [-0.05, 0) is 86.5 Å². The molecule has 0 radical (unpaired) electrons. The van der Waals surface area contributed by atoms with Gasteiger partial charge in [-0.1, -0.05) is 26.8 Å². The predicted molar refractivity (Wildman–Crippen MR) is 125 cm³/mol. The zero-order valence-corrected chi connectivity index (χ0v) is 20.3. The first kappa shape index (κ1) is 22.8. The fraction of sp³-hybridized carbons (Fsp3) is 0.741. The first-order valence-electron chi connectivity index (χ1n) is 12.4. The van der Waals surface area contributed by atoms with Gasteiger partial charge in [0.05, 0.1) is 6.54 Å². The zero-order valence-electron chi connectivity index (χ0n) is 20.3. The van der Waals surface area contributed by atoms with Gasteiger partial charge in [-0.3, -0.25) is 4.79 Å². The monoisotopic (exact) mass is 427 g/mol. The molecular weight excluding hydrogens is 386 g/mol. The molecule has 0 N–H and O–H groups in total. The molecule has 4 nitrogen and oxygen atoms in total. The Labute approximate surface area is 188 Å². The minimum Gasteiger partial charge on any atom is -0.369 e. The maximum Gasteiger partial charge on any atom is 0.174 e. The van der Waals surface area contributed by atoms with Crippen molar-refractivity contribution in [2.24, 2.45) is 29.1 Å². The SMILES string of the molecule is CCOC(CN(C)c1ccc2c(c1)CCC1C2C(C)C[C@]2(C)C(=O)C(C)CC12)OCC. The Morgan fingerprint density at radius 3 is 2.58 bits per heavy atom. The van der Waals surface area contributed by atoms with Crippen LogP contribution in [0.15, 0.2) is 18.2 Å². The number of ketones is 1. The quantitative estimate of drug-likeness (QED) is 0.543. The summed E-state index contributed by atoms with van der Waals surface area (Å²) in [5, 5.41) is 0. The largest absolute Gasteiger partial charge is 0.369 e. The highest BCUT2D eigenvalue weighted by Gasteiger charge is 2.58. The number of benzene rings is 1. The third kappa shape index (κ3) is 3.95. The van der Waals surface area contributed by atoms with E-state index in [0.29, 0.717) is 42.7 Å². The average molecular weight is 428 g/mol. The Morgan fingerprint density at radius 1 is 1.19 bits per heavy atom. The summed E-state index contributed by atoms with van der Waals surface area (Å²) in [6.07, 6.45) is 4.29. The van der Waals surface area contributed by atoms with Crippen molar-refractivity contribution in [3.63, 3.8) is 0 Å². The number of nitrogens with zero attached hydrogens (tertiary/aromatic N) is 1. The van der Waals surface area contributed by atoms with Gasteiger partial charge in [-0.25, -0.2) is 0 Å². The first-order chi connectivity index (χ1) is 14.8. The predicted octanol–water partition coefficient (Wildman–Crippen LogP) is 5.44. The van der Waals surface area contributed by atoms with Crippen LogP contribution in [-0.4, -0.2) is 38.9 Å². The van der Waals surface area contributed by atoms with Crippen molar-refractivity contribution in [2.45, 2.75) is 72.5 Å². The van der Waals surface area contributed by atoms with Gasteiger partial charge in [0.1, 0.15) is 5.78 Å². The van der Waals surface area contributed by atoms with Crippen LogP contribution in [0, 0.1) is 29.1 Å². The lowest BCUT2D eigenvalue weighted by atomic mass is 9.52. The van der Waals surface area contributed by atoms with Crippen LogP contribution in [0.4, 0.5) is 5.69 Å². The fourth-order valence-electron chi connectivity index (χ4n) is 7.33. The molecule has 172 valence electrons. The molecule has 4 rings (SSSR count). The van der Waals surface area contributed by atoms with E-state index in [2.05, 4.69) is 50.9 Å². The molecule has 31 heavy (non-hydrogen) atoms. The lowest BCUT2D eigenvalue weighted by Gasteiger charge is -2.51. The molecule has 0 aliphatic heterocycles. The van der Waals surface area contributed by atoms with Crippen LogP contribution in [0.2, 0.25) is 0 Å². The number of ether oxygens (including phenoxy) is 2. The van der Waals surface area contributed by atoms with Crippen molar-refractivity contribution < 1.29 is 14.3 Å². The highest BCUT2D eigenvalue weighted by molar-refractivity contribution is 5.89. The van der Waals surface area contributed by atoms with Crippen LogP contribution in [-0.2, 0) is 20.7 Å². The number of likely N-dealkylation sites (N-methyl/N-ethyl adjacent to an activating group) is 1. The van der Waals surface area contributed by atoms with Crippen molar-refractivity contribution in [1.29, 1.82) is 0 Å². The van der Waals surface area contributed by atoms with E-state index in [9.17, 15) is 4.79 Å². The van der Waals surface area contributed by atoms with Gasteiger partial charge in [-0.2, -0.15) is 0 Å². The molecule has 3 aliphatic rings. The van der Waals surface area contributed by atoms with Crippen molar-refractivity contribution in [2.75, 3.05) is 31.7 Å². The number of hydrogen-bond donors (Lipinski definition) is 0. The Morgan fingerprint density at radius 2 is 1.90 bits per heavy atom. The first-order valence-corrected chi connectivity index (χ1v) is 12.4. The molecule has 2 fully saturated rings. The van der Waals surface area contributed by atoms with Gasteiger partial charge in [-0.15, -0.1) is 0 Å². The van der Waals surface area contributed by atoms with Gasteiger partial charge < -0.3 is 14.4 Å². The minimum absolute atomic E-state index is 0.0920. The Bertz CT molecular complexity index is 802. The lowest BCUT2D eigenvalue weighted by Crippen LogP contribution is -2.46. The van der Waals surface area contributed by atoms with E-state index < -0.39 is 0 Å². The highest BCUT2D eigenvalue weighted by atomic mass is 16.7. The molecule has 0 aromatic heterocycles. The van der Waals surface area contributed by atoms with E-state index in [1.54, 1.807) is 5.56 Å². The maximum absolute atomic E-state index is 13.0. The number of hydrogen-bond acceptors (Lipinski definition) is 4. The normalized spacial score (nSPS) is 34.4. The number of rotatable bonds is 7. The topological polar surface area (TPSA) is 38.8 Å². The summed E-state index contributed by atoms with van der Waals surface area (Å²) in [7, 11) is 2.12. The van der Waals surface area contributed by atoms with E-state index in [4.69, 9.17) is 9.47 Å². The molecule has 1 aromatic rings. The van der Waals surface area contributed by atoms with E-state index in [-0.39, 0.29) is 17.6 Å². The van der Waals surface area contributed by atoms with Gasteiger partial charge in [0.15, 0.2) is 6.29 Å². The summed E-state index contributed by atoms with van der Waals surface area (Å²) in [5.74, 6) is 3.14. The summed E-state index contributed by atoms with van der Waals surface area (Å²) in [6, 6.07) is 7.05. The van der Waals surface area contributed by atoms with E-state index in [0.717, 1.165) is 25.8 Å². The standard InChI is InChI=1S/C27H41NO3/c1-7-30-24(31-8-2)16-28(6)20-10-12-21-19(14-20)9-11-22-23-13-17(3)26(29)27(23,5)15-18(4)25(21)22/h10,12,14,17-18,22-25H,7-9,11,13,15-16H2,1-6H3/t17?,18?,22?,23?,25?,27-/m0/s1. The van der Waals surface area contributed by atoms with Crippen molar-refractivity contribution in [1.82, 2.24) is 0 Å². The molecule has 5 unspecified atom stereocenters. The molecule has 6 atom stereocenters. The lowest BCUT2D eigenvalue weighted by molar-refractivity contribution is -0.133. The maximum atomic E-state index is 13.0. The molecule has 2 saturated carbocycles. The molecule has 1 aromatic carbocycles. The molecule has 0 amide bonds. The molecule has 4 heteroatoms. The van der Waals surface area contributed by atoms with E-state index in [1.165, 1.54) is 17.7 Å². The summed E-state index contributed by atoms with van der Waals surface area (Å²) in [6.45, 7) is 12.9. The van der Waals surface area contributed by atoms with Crippen molar-refractivity contribution in [3.8, 4) is 0 Å². The molecule has 0 saturated heterocycles. The third-order valence-electron chi connectivity index (χ3n) is 8.58. The second-order valence-corrected chi connectivity index (χ2v) is 10.5. The van der Waals surface area contributed by atoms with Crippen LogP contribution in [0.5, 0.6) is 0 Å². The number of carbonyl (C=O) groups is 1. The van der Waals surface area contributed by atoms with Crippen molar-refractivity contribution >= 4 is 11.5 Å². The van der Waals surface area contributed by atoms with Crippen LogP contribution in [0.3, 0.4) is 0 Å². The van der Waals surface area contributed by atoms with E-state index >= 15 is 0 Å². The third-order valence-corrected chi connectivity index (χ3v) is 8.58. The fourth-order valence-corrected chi connectivity index (χ4v) is 7.33. The molecule has 0 heterocycles. The minimum atomic E-state index is -0.196. The smallest absolute Gasteiger partial charge is 0.174 e. The van der Waals surface area contributed by atoms with Gasteiger partial charge in [0.25, 0.3) is 0 Å². The average Bonchev–Trinajstić information content (AvgIpc) is 2.97. The summed E-state index contributed by atoms with van der Waals surface area (Å²) in [4.78, 5) is 15.3.